The zero-order chi connectivity index (χ0) is 52.3. The molecule has 2 amide bonds. The van der Waals surface area contributed by atoms with Crippen LogP contribution in [0.1, 0.15) is 110 Å². The maximum absolute atomic E-state index is 14.5. The van der Waals surface area contributed by atoms with Gasteiger partial charge in [0, 0.05) is 94.2 Å². The molecule has 5 aliphatic rings. The molecule has 4 aromatic rings. The minimum atomic E-state index is -0.812. The molecule has 0 spiro atoms. The summed E-state index contributed by atoms with van der Waals surface area (Å²) in [7, 11) is 3.90. The largest absolute Gasteiger partial charge is 0.491 e. The van der Waals surface area contributed by atoms with Crippen molar-refractivity contribution in [1.29, 1.82) is 0 Å². The molecule has 74 heavy (non-hydrogen) atoms. The van der Waals surface area contributed by atoms with E-state index in [1.54, 1.807) is 12.1 Å². The first-order chi connectivity index (χ1) is 35.6. The van der Waals surface area contributed by atoms with Gasteiger partial charge in [0.1, 0.15) is 18.4 Å². The van der Waals surface area contributed by atoms with Gasteiger partial charge in [-0.05, 0) is 143 Å². The third-order valence-corrected chi connectivity index (χ3v) is 16.5. The van der Waals surface area contributed by atoms with Gasteiger partial charge in [0.25, 0.3) is 5.91 Å². The van der Waals surface area contributed by atoms with E-state index in [2.05, 4.69) is 115 Å². The summed E-state index contributed by atoms with van der Waals surface area (Å²) in [6, 6.07) is 15.3. The van der Waals surface area contributed by atoms with Crippen molar-refractivity contribution in [3.8, 4) is 28.1 Å². The molecule has 6 heterocycles. The van der Waals surface area contributed by atoms with E-state index in [0.29, 0.717) is 38.4 Å². The van der Waals surface area contributed by atoms with Gasteiger partial charge in [0.2, 0.25) is 5.91 Å². The molecule has 15 nitrogen and oxygen atoms in total. The topological polar surface area (TPSA) is 143 Å². The van der Waals surface area contributed by atoms with Crippen LogP contribution in [0, 0.1) is 23.2 Å². The summed E-state index contributed by atoms with van der Waals surface area (Å²) >= 11 is 0. The minimum Gasteiger partial charge on any atom is -0.491 e. The molecular weight excluding hydrogens is 933 g/mol. The van der Waals surface area contributed by atoms with Crippen LogP contribution in [-0.2, 0) is 48.0 Å². The number of carbonyl (C=O) groups excluding carboxylic acids is 3. The molecule has 4 fully saturated rings. The van der Waals surface area contributed by atoms with Gasteiger partial charge >= 0.3 is 5.97 Å². The lowest BCUT2D eigenvalue weighted by Crippen LogP contribution is -2.57. The number of benzene rings is 2. The summed E-state index contributed by atoms with van der Waals surface area (Å²) in [6.45, 7) is 23.0. The molecule has 1 saturated carbocycles. The lowest BCUT2D eigenvalue weighted by Gasteiger charge is -2.36. The molecule has 2 N–H and O–H groups in total. The van der Waals surface area contributed by atoms with Gasteiger partial charge in [0.05, 0.1) is 54.6 Å². The number of aromatic nitrogens is 2. The van der Waals surface area contributed by atoms with Crippen LogP contribution < -0.4 is 20.4 Å². The number of anilines is 1. The quantitative estimate of drug-likeness (QED) is 0.118. The number of hydrazine groups is 1. The van der Waals surface area contributed by atoms with E-state index in [9.17, 15) is 14.4 Å². The lowest BCUT2D eigenvalue weighted by molar-refractivity contribution is -0.144. The zero-order valence-electron chi connectivity index (χ0n) is 45.8. The third kappa shape index (κ3) is 12.4. The predicted octanol–water partition coefficient (Wildman–Crippen LogP) is 8.06. The molecule has 4 atom stereocenters. The number of hydrogen-bond acceptors (Lipinski definition) is 12. The zero-order valence-corrected chi connectivity index (χ0v) is 45.8. The first-order valence-corrected chi connectivity index (χ1v) is 27.8. The Labute approximate surface area is 439 Å². The third-order valence-electron chi connectivity index (χ3n) is 16.5. The molecular formula is C59H84N8O7. The average Bonchev–Trinajstić information content (AvgIpc) is 4.22. The number of amides is 2. The van der Waals surface area contributed by atoms with Crippen LogP contribution in [0.3, 0.4) is 0 Å². The van der Waals surface area contributed by atoms with Crippen molar-refractivity contribution in [1.82, 2.24) is 35.1 Å². The maximum Gasteiger partial charge on any atom is 0.302 e. The number of nitrogens with one attached hydrogen (secondary N) is 2. The standard InChI is InChI=1S/C59H84N8O7/c1-10-66-53-16-13-43(31-48(53)50(33-59(6,7)37-74-40(5)68)56(66)49-32-46(34-60-55(49)39(4)71-9)65-25-23-64(24-26-65)45-14-15-45)44-27-41-28-47(30-44)72-36-54(42-17-21-63(8)22-18-42)73-35-51(38(2)3)57(69)62-52(29-41)58(70)67-20-12-11-19-61-67/h13,16,27-28,30-32,34,38-39,42,45,51-52,54,61H,10-12,14-15,17-26,29,33,35-37H2,1-9H3,(H,62,69)/t39?,51-,52?,54?/m0/s1. The van der Waals surface area contributed by atoms with Gasteiger partial charge in [-0.1, -0.05) is 39.8 Å². The van der Waals surface area contributed by atoms with Gasteiger partial charge in [-0.3, -0.25) is 29.3 Å². The summed E-state index contributed by atoms with van der Waals surface area (Å²) in [4.78, 5) is 54.0. The van der Waals surface area contributed by atoms with Crippen molar-refractivity contribution in [3.05, 3.63) is 65.5 Å². The number of methoxy groups -OCH3 is 1. The number of hydrogen-bond donors (Lipinski definition) is 2. The SMILES string of the molecule is CCn1c(-c2cc(N3CCN(C4CC4)CC3)cnc2C(C)OC)c(CC(C)(C)COC(C)=O)c2cc(-c3cc4cc(c3)OCC(C3CCN(C)CC3)OC[C@@H](C(C)C)C(=O)NC(C(=O)N3CCCCN3)C4)ccc21. The fourth-order valence-electron chi connectivity index (χ4n) is 11.8. The van der Waals surface area contributed by atoms with Gasteiger partial charge in [-0.25, -0.2) is 5.43 Å². The van der Waals surface area contributed by atoms with Crippen LogP contribution >= 0.6 is 0 Å². The summed E-state index contributed by atoms with van der Waals surface area (Å²) in [5, 5.41) is 6.04. The van der Waals surface area contributed by atoms with E-state index < -0.39 is 17.4 Å². The van der Waals surface area contributed by atoms with E-state index in [0.717, 1.165) is 127 Å². The van der Waals surface area contributed by atoms with Crippen molar-refractivity contribution in [3.63, 3.8) is 0 Å². The van der Waals surface area contributed by atoms with Gasteiger partial charge < -0.3 is 38.6 Å². The Hall–Kier alpha value is -5.06. The first-order valence-electron chi connectivity index (χ1n) is 27.8. The number of nitrogens with zero attached hydrogens (tertiary/aromatic N) is 6. The summed E-state index contributed by atoms with van der Waals surface area (Å²) in [6.07, 6.45) is 8.90. The lowest BCUT2D eigenvalue weighted by atomic mass is 9.84. The Kier molecular flexibility index (Phi) is 17.0. The van der Waals surface area contributed by atoms with Crippen molar-refractivity contribution < 1.29 is 33.3 Å². The molecule has 2 bridgehead atoms. The van der Waals surface area contributed by atoms with Crippen LogP contribution in [0.25, 0.3) is 33.3 Å². The van der Waals surface area contributed by atoms with Gasteiger partial charge in [-0.15, -0.1) is 0 Å². The highest BCUT2D eigenvalue weighted by Crippen LogP contribution is 2.44. The Morgan fingerprint density at radius 2 is 1.69 bits per heavy atom. The number of piperidine rings is 1. The van der Waals surface area contributed by atoms with Crippen molar-refractivity contribution >= 4 is 34.4 Å². The van der Waals surface area contributed by atoms with E-state index in [1.807, 2.05) is 12.3 Å². The van der Waals surface area contributed by atoms with E-state index in [-0.39, 0.29) is 61.5 Å². The molecule has 9 rings (SSSR count). The number of likely N-dealkylation sites (tertiary alicyclic amines) is 1. The Morgan fingerprint density at radius 3 is 2.36 bits per heavy atom. The highest BCUT2D eigenvalue weighted by molar-refractivity contribution is 5.96. The Bertz CT molecular complexity index is 2610. The molecule has 402 valence electrons. The highest BCUT2D eigenvalue weighted by atomic mass is 16.5. The van der Waals surface area contributed by atoms with Crippen LogP contribution in [0.5, 0.6) is 5.75 Å². The molecule has 0 radical (unpaired) electrons. The van der Waals surface area contributed by atoms with Crippen LogP contribution in [0.2, 0.25) is 0 Å². The second kappa shape index (κ2) is 23.5. The number of fused-ring (bicyclic) bond motifs is 3. The van der Waals surface area contributed by atoms with Crippen molar-refractivity contribution in [2.75, 3.05) is 91.2 Å². The van der Waals surface area contributed by atoms with Crippen LogP contribution in [-0.4, -0.2) is 147 Å². The maximum atomic E-state index is 14.5. The Morgan fingerprint density at radius 1 is 0.919 bits per heavy atom. The number of piperazine rings is 1. The van der Waals surface area contributed by atoms with Crippen LogP contribution in [0.4, 0.5) is 5.69 Å². The smallest absolute Gasteiger partial charge is 0.302 e. The van der Waals surface area contributed by atoms with E-state index in [1.165, 1.54) is 19.8 Å². The Balaban J connectivity index is 1.17. The highest BCUT2D eigenvalue weighted by Gasteiger charge is 2.36. The molecule has 4 aliphatic heterocycles. The minimum absolute atomic E-state index is 0.00577. The number of aryl methyl sites for hydroxylation is 1. The van der Waals surface area contributed by atoms with Crippen LogP contribution in [0.15, 0.2) is 48.7 Å². The molecule has 3 unspecified atom stereocenters. The second-order valence-corrected chi connectivity index (χ2v) is 23.1. The fraction of sp³-hybridized carbons (Fsp3) is 0.627. The molecule has 2 aromatic heterocycles. The van der Waals surface area contributed by atoms with Gasteiger partial charge in [-0.2, -0.15) is 0 Å². The number of carbonyl (C=O) groups is 3. The average molecular weight is 1020 g/mol. The number of rotatable bonds is 14. The molecule has 2 aromatic carbocycles. The summed E-state index contributed by atoms with van der Waals surface area (Å²) in [5.41, 5.74) is 12.0. The predicted molar refractivity (Wildman–Crippen MR) is 291 cm³/mol. The summed E-state index contributed by atoms with van der Waals surface area (Å²) in [5.74, 6) is -0.0913. The van der Waals surface area contributed by atoms with Crippen molar-refractivity contribution in [2.45, 2.75) is 131 Å². The fourth-order valence-corrected chi connectivity index (χ4v) is 11.8. The summed E-state index contributed by atoms with van der Waals surface area (Å²) < 4.78 is 27.9. The number of esters is 1. The van der Waals surface area contributed by atoms with E-state index in [4.69, 9.17) is 23.9 Å². The number of ether oxygens (including phenoxy) is 4. The van der Waals surface area contributed by atoms with Gasteiger partial charge in [0.15, 0.2) is 0 Å². The molecule has 3 saturated heterocycles. The molecule has 15 heteroatoms. The van der Waals surface area contributed by atoms with Crippen molar-refractivity contribution in [2.24, 2.45) is 23.2 Å². The first kappa shape index (κ1) is 53.8. The number of pyridine rings is 1. The molecule has 1 aliphatic carbocycles. The normalized spacial score (nSPS) is 22.7. The second-order valence-electron chi connectivity index (χ2n) is 23.1. The van der Waals surface area contributed by atoms with E-state index >= 15 is 0 Å². The monoisotopic (exact) mass is 1020 g/mol.